The van der Waals surface area contributed by atoms with E-state index in [9.17, 15) is 4.39 Å². The van der Waals surface area contributed by atoms with Crippen LogP contribution < -0.4 is 5.73 Å². The van der Waals surface area contributed by atoms with Gasteiger partial charge in [-0.15, -0.1) is 0 Å². The van der Waals surface area contributed by atoms with E-state index in [1.165, 1.54) is 18.3 Å². The van der Waals surface area contributed by atoms with Gasteiger partial charge in [0.2, 0.25) is 0 Å². The van der Waals surface area contributed by atoms with Gasteiger partial charge in [0.1, 0.15) is 5.82 Å². The maximum atomic E-state index is 12.7. The Kier molecular flexibility index (Phi) is 2.98. The van der Waals surface area contributed by atoms with Crippen molar-refractivity contribution in [2.24, 2.45) is 5.73 Å². The van der Waals surface area contributed by atoms with Crippen molar-refractivity contribution in [3.63, 3.8) is 0 Å². The largest absolute Gasteiger partial charge is 0.326 e. The number of rotatable bonds is 3. The Morgan fingerprint density at radius 1 is 1.54 bits per heavy atom. The summed E-state index contributed by atoms with van der Waals surface area (Å²) < 4.78 is 12.7. The number of aromatic nitrogens is 1. The molecule has 0 aliphatic heterocycles. The second kappa shape index (κ2) is 3.83. The fraction of sp³-hybridized carbons (Fsp3) is 0.500. The second-order valence-electron chi connectivity index (χ2n) is 3.95. The molecule has 0 aliphatic rings. The molecule has 0 radical (unpaired) electrons. The van der Waals surface area contributed by atoms with E-state index in [0.717, 1.165) is 18.5 Å². The van der Waals surface area contributed by atoms with Crippen LogP contribution in [-0.2, 0) is 6.42 Å². The van der Waals surface area contributed by atoms with Crippen molar-refractivity contribution in [3.8, 4) is 0 Å². The molecular weight excluding hydrogens is 167 g/mol. The van der Waals surface area contributed by atoms with Crippen LogP contribution >= 0.6 is 0 Å². The van der Waals surface area contributed by atoms with E-state index in [1.807, 2.05) is 13.8 Å². The van der Waals surface area contributed by atoms with Crippen molar-refractivity contribution in [1.29, 1.82) is 0 Å². The number of hydrogen-bond donors (Lipinski definition) is 1. The molecule has 1 heterocycles. The molecule has 3 heteroatoms. The maximum absolute atomic E-state index is 12.7. The number of aryl methyl sites for hydroxylation is 1. The Morgan fingerprint density at radius 3 is 2.77 bits per heavy atom. The van der Waals surface area contributed by atoms with E-state index < -0.39 is 0 Å². The lowest BCUT2D eigenvalue weighted by molar-refractivity contribution is 0.473. The summed E-state index contributed by atoms with van der Waals surface area (Å²) in [7, 11) is 0. The van der Waals surface area contributed by atoms with Crippen LogP contribution in [0, 0.1) is 5.82 Å². The first kappa shape index (κ1) is 10.1. The van der Waals surface area contributed by atoms with Crippen molar-refractivity contribution in [2.75, 3.05) is 0 Å². The first-order valence-electron chi connectivity index (χ1n) is 4.37. The van der Waals surface area contributed by atoms with E-state index in [1.54, 1.807) is 0 Å². The molecule has 13 heavy (non-hydrogen) atoms. The van der Waals surface area contributed by atoms with Crippen molar-refractivity contribution in [1.82, 2.24) is 4.98 Å². The van der Waals surface area contributed by atoms with Gasteiger partial charge in [0.25, 0.3) is 0 Å². The second-order valence-corrected chi connectivity index (χ2v) is 3.95. The fourth-order valence-electron chi connectivity index (χ4n) is 1.04. The van der Waals surface area contributed by atoms with Crippen LogP contribution in [0.3, 0.4) is 0 Å². The molecule has 2 N–H and O–H groups in total. The van der Waals surface area contributed by atoms with Gasteiger partial charge < -0.3 is 5.73 Å². The van der Waals surface area contributed by atoms with E-state index in [0.29, 0.717) is 0 Å². The minimum atomic E-state index is -0.236. The molecule has 0 spiro atoms. The summed E-state index contributed by atoms with van der Waals surface area (Å²) in [6.07, 6.45) is 3.01. The molecule has 0 saturated carbocycles. The summed E-state index contributed by atoms with van der Waals surface area (Å²) in [5.74, 6) is -0.236. The van der Waals surface area contributed by atoms with Crippen molar-refractivity contribution in [3.05, 3.63) is 29.8 Å². The number of nitrogens with two attached hydrogens (primary N) is 1. The minimum Gasteiger partial charge on any atom is -0.326 e. The Hall–Kier alpha value is -0.960. The first-order chi connectivity index (χ1) is 5.97. The quantitative estimate of drug-likeness (QED) is 0.775. The topological polar surface area (TPSA) is 38.9 Å². The Labute approximate surface area is 78.0 Å². The maximum Gasteiger partial charge on any atom is 0.126 e. The van der Waals surface area contributed by atoms with Crippen molar-refractivity contribution < 1.29 is 4.39 Å². The van der Waals surface area contributed by atoms with E-state index >= 15 is 0 Å². The first-order valence-corrected chi connectivity index (χ1v) is 4.37. The third-order valence-electron chi connectivity index (χ3n) is 1.80. The molecular formula is C10H15FN2. The standard InChI is InChI=1S/C10H15FN2/c1-10(2,12)5-3-9-7-8(11)4-6-13-9/h4,6-7H,3,5,12H2,1-2H3. The zero-order valence-electron chi connectivity index (χ0n) is 8.05. The van der Waals surface area contributed by atoms with Gasteiger partial charge in [-0.1, -0.05) is 0 Å². The summed E-state index contributed by atoms with van der Waals surface area (Å²) in [6.45, 7) is 3.90. The molecule has 0 atom stereocenters. The van der Waals surface area contributed by atoms with Gasteiger partial charge in [-0.25, -0.2) is 4.39 Å². The molecule has 1 aromatic rings. The van der Waals surface area contributed by atoms with Gasteiger partial charge in [-0.2, -0.15) is 0 Å². The van der Waals surface area contributed by atoms with Gasteiger partial charge in [-0.05, 0) is 38.8 Å². The number of hydrogen-bond acceptors (Lipinski definition) is 2. The van der Waals surface area contributed by atoms with Crippen molar-refractivity contribution in [2.45, 2.75) is 32.2 Å². The molecule has 0 fully saturated rings. The molecule has 1 aromatic heterocycles. The summed E-state index contributed by atoms with van der Waals surface area (Å²) in [5.41, 5.74) is 6.35. The third kappa shape index (κ3) is 3.99. The molecule has 0 aromatic carbocycles. The van der Waals surface area contributed by atoms with Crippen LogP contribution in [0.4, 0.5) is 4.39 Å². The lowest BCUT2D eigenvalue weighted by atomic mass is 9.99. The van der Waals surface area contributed by atoms with Crippen molar-refractivity contribution >= 4 is 0 Å². The highest BCUT2D eigenvalue weighted by molar-refractivity contribution is 5.06. The monoisotopic (exact) mass is 182 g/mol. The number of nitrogens with zero attached hydrogens (tertiary/aromatic N) is 1. The van der Waals surface area contributed by atoms with Crippen LogP contribution in [-0.4, -0.2) is 10.5 Å². The summed E-state index contributed by atoms with van der Waals surface area (Å²) in [4.78, 5) is 4.05. The summed E-state index contributed by atoms with van der Waals surface area (Å²) >= 11 is 0. The zero-order chi connectivity index (χ0) is 9.90. The lowest BCUT2D eigenvalue weighted by Crippen LogP contribution is -2.32. The fourth-order valence-corrected chi connectivity index (χ4v) is 1.04. The van der Waals surface area contributed by atoms with Gasteiger partial charge in [0.05, 0.1) is 0 Å². The van der Waals surface area contributed by atoms with Gasteiger partial charge >= 0.3 is 0 Å². The zero-order valence-corrected chi connectivity index (χ0v) is 8.05. The molecule has 0 amide bonds. The molecule has 72 valence electrons. The molecule has 0 unspecified atom stereocenters. The average molecular weight is 182 g/mol. The summed E-state index contributed by atoms with van der Waals surface area (Å²) in [5, 5.41) is 0. The highest BCUT2D eigenvalue weighted by Gasteiger charge is 2.10. The smallest absolute Gasteiger partial charge is 0.126 e. The van der Waals surface area contributed by atoms with Crippen LogP contribution in [0.1, 0.15) is 26.0 Å². The van der Waals surface area contributed by atoms with Crippen LogP contribution in [0.2, 0.25) is 0 Å². The highest BCUT2D eigenvalue weighted by Crippen LogP contribution is 2.09. The van der Waals surface area contributed by atoms with Gasteiger partial charge in [-0.3, -0.25) is 4.98 Å². The normalized spacial score (nSPS) is 11.7. The van der Waals surface area contributed by atoms with E-state index in [2.05, 4.69) is 4.98 Å². The molecule has 1 rings (SSSR count). The summed E-state index contributed by atoms with van der Waals surface area (Å²) in [6, 6.07) is 2.79. The number of pyridine rings is 1. The van der Waals surface area contributed by atoms with Crippen LogP contribution in [0.5, 0.6) is 0 Å². The third-order valence-corrected chi connectivity index (χ3v) is 1.80. The predicted molar refractivity (Wildman–Crippen MR) is 50.8 cm³/mol. The average Bonchev–Trinajstić information content (AvgIpc) is 2.00. The Balaban J connectivity index is 2.55. The number of halogens is 1. The van der Waals surface area contributed by atoms with Gasteiger partial charge in [0.15, 0.2) is 0 Å². The van der Waals surface area contributed by atoms with Crippen LogP contribution in [0.15, 0.2) is 18.3 Å². The van der Waals surface area contributed by atoms with E-state index in [4.69, 9.17) is 5.73 Å². The van der Waals surface area contributed by atoms with Gasteiger partial charge in [0, 0.05) is 17.4 Å². The lowest BCUT2D eigenvalue weighted by Gasteiger charge is -2.17. The minimum absolute atomic E-state index is 0.214. The molecule has 2 nitrogen and oxygen atoms in total. The van der Waals surface area contributed by atoms with Crippen LogP contribution in [0.25, 0.3) is 0 Å². The SMILES string of the molecule is CC(C)(N)CCc1cc(F)ccn1. The Bertz CT molecular complexity index is 278. The highest BCUT2D eigenvalue weighted by atomic mass is 19.1. The predicted octanol–water partition coefficient (Wildman–Crippen LogP) is 1.89. The van der Waals surface area contributed by atoms with E-state index in [-0.39, 0.29) is 11.4 Å². The molecule has 0 bridgehead atoms. The Morgan fingerprint density at radius 2 is 2.23 bits per heavy atom. The molecule has 0 aliphatic carbocycles. The molecule has 0 saturated heterocycles.